The number of aryl methyl sites for hydroxylation is 1. The molecule has 6 heteroatoms. The summed E-state index contributed by atoms with van der Waals surface area (Å²) in [7, 11) is -3.30. The van der Waals surface area contributed by atoms with Crippen LogP contribution in [0.1, 0.15) is 29.3 Å². The lowest BCUT2D eigenvalue weighted by atomic mass is 10.00. The maximum Gasteiger partial charge on any atom is 0.258 e. The first-order chi connectivity index (χ1) is 11.5. The highest BCUT2D eigenvalue weighted by Crippen LogP contribution is 2.31. The van der Waals surface area contributed by atoms with Crippen molar-refractivity contribution < 1.29 is 13.2 Å². The first-order valence-corrected chi connectivity index (χ1v) is 9.66. The second-order valence-corrected chi connectivity index (χ2v) is 7.79. The van der Waals surface area contributed by atoms with E-state index in [-0.39, 0.29) is 11.7 Å². The van der Waals surface area contributed by atoms with Crippen LogP contribution in [0.3, 0.4) is 0 Å². The summed E-state index contributed by atoms with van der Waals surface area (Å²) in [5.41, 5.74) is 3.04. The average Bonchev–Trinajstić information content (AvgIpc) is 2.61. The van der Waals surface area contributed by atoms with E-state index in [1.54, 1.807) is 30.0 Å². The second-order valence-electron chi connectivity index (χ2n) is 5.78. The highest BCUT2D eigenvalue weighted by Gasteiger charge is 2.24. The number of anilines is 2. The first kappa shape index (κ1) is 16.5. The van der Waals surface area contributed by atoms with Crippen molar-refractivity contribution in [3.8, 4) is 0 Å². The summed E-state index contributed by atoms with van der Waals surface area (Å²) in [6.45, 7) is 2.27. The molecule has 5 nitrogen and oxygen atoms in total. The third-order valence-electron chi connectivity index (χ3n) is 4.12. The van der Waals surface area contributed by atoms with Gasteiger partial charge in [0.15, 0.2) is 0 Å². The van der Waals surface area contributed by atoms with Crippen molar-refractivity contribution >= 4 is 27.3 Å². The third kappa shape index (κ3) is 3.43. The fourth-order valence-corrected chi connectivity index (χ4v) is 3.49. The maximum absolute atomic E-state index is 12.7. The fourth-order valence-electron chi connectivity index (χ4n) is 2.86. The Morgan fingerprint density at radius 2 is 1.92 bits per heavy atom. The van der Waals surface area contributed by atoms with Gasteiger partial charge in [0.05, 0.1) is 5.75 Å². The third-order valence-corrected chi connectivity index (χ3v) is 5.42. The molecule has 1 N–H and O–H groups in total. The topological polar surface area (TPSA) is 66.5 Å². The summed E-state index contributed by atoms with van der Waals surface area (Å²) in [5.74, 6) is 0.00124. The summed E-state index contributed by atoms with van der Waals surface area (Å²) in [6.07, 6.45) is 1.69. The molecule has 0 unspecified atom stereocenters. The molecule has 2 aromatic carbocycles. The molecule has 0 saturated heterocycles. The Balaban J connectivity index is 1.90. The summed E-state index contributed by atoms with van der Waals surface area (Å²) in [5, 5.41) is 0. The molecule has 0 radical (unpaired) electrons. The number of carbonyl (C=O) groups is 1. The van der Waals surface area contributed by atoms with E-state index in [4.69, 9.17) is 0 Å². The predicted molar refractivity (Wildman–Crippen MR) is 96.0 cm³/mol. The summed E-state index contributed by atoms with van der Waals surface area (Å²) in [6, 6.07) is 14.5. The standard InChI is InChI=1S/C18H20N2O3S/c1-2-24(22,23)19-16-10-11-17-15(13-16)9-6-12-20(17)18(21)14-7-4-3-5-8-14/h3-5,7-8,10-11,13,19H,2,6,9,12H2,1H3. The van der Waals surface area contributed by atoms with E-state index in [9.17, 15) is 13.2 Å². The summed E-state index contributed by atoms with van der Waals surface area (Å²) < 4.78 is 26.0. The SMILES string of the molecule is CCS(=O)(=O)Nc1ccc2c(c1)CCCN2C(=O)c1ccccc1. The van der Waals surface area contributed by atoms with E-state index in [1.807, 2.05) is 30.3 Å². The maximum atomic E-state index is 12.7. The van der Waals surface area contributed by atoms with Gasteiger partial charge in [-0.3, -0.25) is 9.52 Å². The molecule has 0 aromatic heterocycles. The smallest absolute Gasteiger partial charge is 0.258 e. The van der Waals surface area contributed by atoms with Gasteiger partial charge in [0.25, 0.3) is 5.91 Å². The van der Waals surface area contributed by atoms with Gasteiger partial charge in [-0.25, -0.2) is 8.42 Å². The molecule has 2 aromatic rings. The molecule has 1 aliphatic heterocycles. The van der Waals surface area contributed by atoms with E-state index in [0.29, 0.717) is 17.8 Å². The molecule has 1 heterocycles. The lowest BCUT2D eigenvalue weighted by Gasteiger charge is -2.30. The lowest BCUT2D eigenvalue weighted by Crippen LogP contribution is -2.35. The molecule has 0 atom stereocenters. The van der Waals surface area contributed by atoms with E-state index in [0.717, 1.165) is 24.1 Å². The molecule has 0 saturated carbocycles. The number of nitrogens with one attached hydrogen (secondary N) is 1. The molecule has 0 spiro atoms. The predicted octanol–water partition coefficient (Wildman–Crippen LogP) is 3.04. The van der Waals surface area contributed by atoms with E-state index in [2.05, 4.69) is 4.72 Å². The van der Waals surface area contributed by atoms with Crippen LogP contribution in [-0.2, 0) is 16.4 Å². The van der Waals surface area contributed by atoms with Crippen molar-refractivity contribution in [3.63, 3.8) is 0 Å². The van der Waals surface area contributed by atoms with Crippen LogP contribution in [0.5, 0.6) is 0 Å². The number of sulfonamides is 1. The van der Waals surface area contributed by atoms with Crippen molar-refractivity contribution in [2.75, 3.05) is 21.9 Å². The molecule has 1 amide bonds. The van der Waals surface area contributed by atoms with Crippen molar-refractivity contribution in [1.29, 1.82) is 0 Å². The zero-order valence-corrected chi connectivity index (χ0v) is 14.3. The van der Waals surface area contributed by atoms with Crippen LogP contribution < -0.4 is 9.62 Å². The Hall–Kier alpha value is -2.34. The average molecular weight is 344 g/mol. The minimum absolute atomic E-state index is 0.0292. The number of rotatable bonds is 4. The zero-order valence-electron chi connectivity index (χ0n) is 13.5. The number of hydrogen-bond donors (Lipinski definition) is 1. The quantitative estimate of drug-likeness (QED) is 0.927. The highest BCUT2D eigenvalue weighted by atomic mass is 32.2. The fraction of sp³-hybridized carbons (Fsp3) is 0.278. The van der Waals surface area contributed by atoms with Gasteiger partial charge in [0.1, 0.15) is 0 Å². The number of nitrogens with zero attached hydrogens (tertiary/aromatic N) is 1. The van der Waals surface area contributed by atoms with E-state index >= 15 is 0 Å². The Labute approximate surface area is 142 Å². The van der Waals surface area contributed by atoms with Crippen LogP contribution in [-0.4, -0.2) is 26.6 Å². The Morgan fingerprint density at radius 1 is 1.17 bits per heavy atom. The van der Waals surface area contributed by atoms with Gasteiger partial charge < -0.3 is 4.90 Å². The zero-order chi connectivity index (χ0) is 17.2. The van der Waals surface area contributed by atoms with Crippen molar-refractivity contribution in [3.05, 3.63) is 59.7 Å². The normalized spacial score (nSPS) is 14.1. The molecule has 3 rings (SSSR count). The number of carbonyl (C=O) groups excluding carboxylic acids is 1. The largest absolute Gasteiger partial charge is 0.308 e. The van der Waals surface area contributed by atoms with Crippen molar-refractivity contribution in [2.45, 2.75) is 19.8 Å². The number of benzene rings is 2. The molecule has 126 valence electrons. The van der Waals surface area contributed by atoms with Crippen LogP contribution >= 0.6 is 0 Å². The molecule has 0 bridgehead atoms. The van der Waals surface area contributed by atoms with Gasteiger partial charge in [-0.15, -0.1) is 0 Å². The van der Waals surface area contributed by atoms with Gasteiger partial charge in [0.2, 0.25) is 10.0 Å². The van der Waals surface area contributed by atoms with Gasteiger partial charge in [-0.2, -0.15) is 0 Å². The lowest BCUT2D eigenvalue weighted by molar-refractivity contribution is 0.0985. The van der Waals surface area contributed by atoms with Crippen LogP contribution in [0.4, 0.5) is 11.4 Å². The van der Waals surface area contributed by atoms with Crippen LogP contribution in [0.2, 0.25) is 0 Å². The van der Waals surface area contributed by atoms with Crippen molar-refractivity contribution in [1.82, 2.24) is 0 Å². The van der Waals surface area contributed by atoms with Gasteiger partial charge >= 0.3 is 0 Å². The number of hydrogen-bond acceptors (Lipinski definition) is 3. The second kappa shape index (κ2) is 6.65. The summed E-state index contributed by atoms with van der Waals surface area (Å²) in [4.78, 5) is 14.5. The highest BCUT2D eigenvalue weighted by molar-refractivity contribution is 7.92. The first-order valence-electron chi connectivity index (χ1n) is 8.00. The van der Waals surface area contributed by atoms with E-state index < -0.39 is 10.0 Å². The molecular weight excluding hydrogens is 324 g/mol. The summed E-state index contributed by atoms with van der Waals surface area (Å²) >= 11 is 0. The van der Waals surface area contributed by atoms with Crippen LogP contribution in [0, 0.1) is 0 Å². The molecular formula is C18H20N2O3S. The Bertz CT molecular complexity index is 848. The number of amides is 1. The van der Waals surface area contributed by atoms with Crippen molar-refractivity contribution in [2.24, 2.45) is 0 Å². The molecule has 1 aliphatic rings. The number of fused-ring (bicyclic) bond motifs is 1. The molecule has 0 aliphatic carbocycles. The minimum atomic E-state index is -3.30. The van der Waals surface area contributed by atoms with Gasteiger partial charge in [-0.05, 0) is 55.7 Å². The Kier molecular flexibility index (Phi) is 4.57. The van der Waals surface area contributed by atoms with Crippen LogP contribution in [0.15, 0.2) is 48.5 Å². The van der Waals surface area contributed by atoms with Gasteiger partial charge in [0, 0.05) is 23.5 Å². The minimum Gasteiger partial charge on any atom is -0.308 e. The Morgan fingerprint density at radius 3 is 2.62 bits per heavy atom. The molecule has 24 heavy (non-hydrogen) atoms. The van der Waals surface area contributed by atoms with E-state index in [1.165, 1.54) is 0 Å². The molecule has 0 fully saturated rings. The van der Waals surface area contributed by atoms with Crippen LogP contribution in [0.25, 0.3) is 0 Å². The van der Waals surface area contributed by atoms with Gasteiger partial charge in [-0.1, -0.05) is 18.2 Å². The monoisotopic (exact) mass is 344 g/mol.